The van der Waals surface area contributed by atoms with Crippen LogP contribution in [0.25, 0.3) is 0 Å². The van der Waals surface area contributed by atoms with E-state index in [1.54, 1.807) is 16.7 Å². The van der Waals surface area contributed by atoms with Crippen molar-refractivity contribution in [2.75, 3.05) is 24.1 Å². The van der Waals surface area contributed by atoms with Gasteiger partial charge in [-0.15, -0.1) is 26.3 Å². The summed E-state index contributed by atoms with van der Waals surface area (Å²) >= 11 is 2.31. The van der Waals surface area contributed by atoms with Crippen molar-refractivity contribution in [1.29, 1.82) is 0 Å². The molecule has 11 nitrogen and oxygen atoms in total. The van der Waals surface area contributed by atoms with Crippen LogP contribution in [-0.4, -0.2) is 81.4 Å². The van der Waals surface area contributed by atoms with Crippen LogP contribution in [0.4, 0.5) is 0 Å². The smallest absolute Gasteiger partial charge is 0.306 e. The Morgan fingerprint density at radius 3 is 1.50 bits per heavy atom. The summed E-state index contributed by atoms with van der Waals surface area (Å²) in [6.07, 6.45) is 14.3. The topological polar surface area (TPSA) is 170 Å². The Bertz CT molecular complexity index is 1090. The van der Waals surface area contributed by atoms with Gasteiger partial charge in [-0.25, -0.2) is 0 Å². The predicted molar refractivity (Wildman–Crippen MR) is 209 cm³/mol. The number of allylic oxidation sites excluding steroid dienone is 4. The molecule has 0 aromatic carbocycles. The largest absolute Gasteiger partial charge is 0.465 e. The molecule has 4 amide bonds. The van der Waals surface area contributed by atoms with E-state index in [0.29, 0.717) is 81.9 Å². The Hall–Kier alpha value is -3.29. The number of esters is 1. The molecular weight excluding hydrogens is 751 g/mol. The lowest BCUT2D eigenvalue weighted by molar-refractivity contribution is -0.138. The number of cyclic esters (lactones) is 1. The highest BCUT2D eigenvalue weighted by atomic mass is 127. The minimum absolute atomic E-state index is 0. The van der Waals surface area contributed by atoms with Gasteiger partial charge in [-0.1, -0.05) is 68.2 Å². The molecule has 3 fully saturated rings. The lowest BCUT2D eigenvalue weighted by Crippen LogP contribution is -2.45. The maximum Gasteiger partial charge on any atom is 0.306 e. The minimum atomic E-state index is -0.438. The van der Waals surface area contributed by atoms with E-state index >= 15 is 0 Å². The normalized spacial score (nSPS) is 20.9. The highest BCUT2D eigenvalue weighted by Crippen LogP contribution is 2.25. The molecule has 284 valence electrons. The van der Waals surface area contributed by atoms with E-state index in [1.807, 2.05) is 38.2 Å². The number of alkyl halides is 1. The van der Waals surface area contributed by atoms with Gasteiger partial charge < -0.3 is 30.8 Å². The molecule has 0 radical (unpaired) electrons. The fourth-order valence-electron chi connectivity index (χ4n) is 5.95. The number of primary amides is 2. The Morgan fingerprint density at radius 1 is 0.800 bits per heavy atom. The molecule has 0 aliphatic carbocycles. The van der Waals surface area contributed by atoms with Crippen molar-refractivity contribution < 1.29 is 33.5 Å². The van der Waals surface area contributed by atoms with E-state index in [4.69, 9.17) is 16.2 Å². The average molecular weight is 815 g/mol. The quantitative estimate of drug-likeness (QED) is 0.0821. The van der Waals surface area contributed by atoms with Crippen LogP contribution < -0.4 is 11.5 Å². The number of Topliss-reactive ketones (excluding diaryl/α,β-unsaturated/α-hetero) is 1. The Kier molecular flexibility index (Phi) is 26.8. The number of likely N-dealkylation sites (tertiary alicyclic amines) is 2. The highest BCUT2D eigenvalue weighted by molar-refractivity contribution is 14.1. The van der Waals surface area contributed by atoms with Gasteiger partial charge in [0.15, 0.2) is 0 Å². The van der Waals surface area contributed by atoms with Crippen LogP contribution in [0.2, 0.25) is 0 Å². The molecular formula is C38H63IN4O7. The van der Waals surface area contributed by atoms with Crippen LogP contribution in [0.3, 0.4) is 0 Å². The maximum atomic E-state index is 11.6. The predicted octanol–water partition coefficient (Wildman–Crippen LogP) is 5.70. The number of hydrogen-bond donors (Lipinski definition) is 2. The number of carbonyl (C=O) groups is 6. The van der Waals surface area contributed by atoms with Crippen molar-refractivity contribution in [3.8, 4) is 0 Å². The van der Waals surface area contributed by atoms with Crippen molar-refractivity contribution in [2.45, 2.75) is 104 Å². The fraction of sp³-hybridized carbons (Fsp3) is 0.632. The third kappa shape index (κ3) is 18.6. The van der Waals surface area contributed by atoms with E-state index in [9.17, 15) is 28.8 Å². The highest BCUT2D eigenvalue weighted by Gasteiger charge is 2.36. The second kappa shape index (κ2) is 27.4. The molecule has 50 heavy (non-hydrogen) atoms. The number of hydrogen-bond acceptors (Lipinski definition) is 7. The summed E-state index contributed by atoms with van der Waals surface area (Å²) in [6, 6.07) is -0.875. The first kappa shape index (κ1) is 48.8. The summed E-state index contributed by atoms with van der Waals surface area (Å²) in [5.41, 5.74) is 10.5. The first-order valence-electron chi connectivity index (χ1n) is 17.0. The molecule has 3 rings (SSSR count). The average Bonchev–Trinajstić information content (AvgIpc) is 3.72. The van der Waals surface area contributed by atoms with Crippen LogP contribution in [0.15, 0.2) is 50.6 Å². The van der Waals surface area contributed by atoms with E-state index in [2.05, 4.69) is 48.9 Å². The molecule has 3 aliphatic heterocycles. The van der Waals surface area contributed by atoms with E-state index in [-0.39, 0.29) is 31.0 Å². The summed E-state index contributed by atoms with van der Waals surface area (Å²) in [5, 5.41) is 0. The van der Waals surface area contributed by atoms with Crippen molar-refractivity contribution in [3.63, 3.8) is 0 Å². The Balaban J connectivity index is 0. The van der Waals surface area contributed by atoms with Gasteiger partial charge in [-0.3, -0.25) is 24.0 Å². The van der Waals surface area contributed by atoms with Gasteiger partial charge >= 0.3 is 5.97 Å². The fourth-order valence-corrected chi connectivity index (χ4v) is 6.62. The first-order valence-corrected chi connectivity index (χ1v) is 18.6. The van der Waals surface area contributed by atoms with E-state index in [1.165, 1.54) is 0 Å². The number of rotatable bonds is 17. The number of halogens is 1. The van der Waals surface area contributed by atoms with Gasteiger partial charge in [0, 0.05) is 42.7 Å². The second-order valence-corrected chi connectivity index (χ2v) is 13.5. The molecule has 0 bridgehead atoms. The number of nitrogens with zero attached hydrogens (tertiary/aromatic N) is 2. The second-order valence-electron chi connectivity index (χ2n) is 12.7. The van der Waals surface area contributed by atoms with Crippen LogP contribution in [0, 0.1) is 23.7 Å². The van der Waals surface area contributed by atoms with Crippen LogP contribution in [0.5, 0.6) is 0 Å². The molecule has 3 saturated heterocycles. The molecule has 2 unspecified atom stereocenters. The standard InChI is InChI=1S/2C11H18N2O2.C8H13IO.C7H10O2.CH4/c2*1-3-5-8-6-10(14)13(7-8)9(4-2)11(12)15;1-3-4-8(6-9)5-7(2)10;1-2-3-6-4-7(8)9-5-6;/h2*3,8-9H,1,4-7H2,2H3,(H2,12,15);3,8H,1,4-6H2,2H3;2,6H,1,3-5H2;1H4/t8-,9+;8-,9-;;;/m10.../s1. The van der Waals surface area contributed by atoms with Gasteiger partial charge in [0.05, 0.1) is 13.0 Å². The molecule has 0 spiro atoms. The van der Waals surface area contributed by atoms with Gasteiger partial charge in [-0.05, 0) is 63.2 Å². The number of amides is 4. The molecule has 0 aromatic rings. The maximum absolute atomic E-state index is 11.6. The Labute approximate surface area is 314 Å². The summed E-state index contributed by atoms with van der Waals surface area (Å²) in [7, 11) is 0. The van der Waals surface area contributed by atoms with Gasteiger partial charge in [0.25, 0.3) is 0 Å². The lowest BCUT2D eigenvalue weighted by atomic mass is 10.0. The van der Waals surface area contributed by atoms with E-state index in [0.717, 1.165) is 30.1 Å². The summed E-state index contributed by atoms with van der Waals surface area (Å²) in [4.78, 5) is 69.9. The zero-order valence-electron chi connectivity index (χ0n) is 29.8. The summed E-state index contributed by atoms with van der Waals surface area (Å²) in [5.74, 6) is 0.956. The van der Waals surface area contributed by atoms with Crippen molar-refractivity contribution in [3.05, 3.63) is 50.6 Å². The zero-order valence-corrected chi connectivity index (χ0v) is 31.9. The van der Waals surface area contributed by atoms with Crippen LogP contribution in [0.1, 0.15) is 92.4 Å². The molecule has 0 saturated carbocycles. The minimum Gasteiger partial charge on any atom is -0.465 e. The van der Waals surface area contributed by atoms with Crippen LogP contribution in [-0.2, 0) is 33.5 Å². The van der Waals surface area contributed by atoms with Gasteiger partial charge in [-0.2, -0.15) is 0 Å². The lowest BCUT2D eigenvalue weighted by Gasteiger charge is -2.24. The first-order chi connectivity index (χ1) is 23.2. The van der Waals surface area contributed by atoms with Crippen molar-refractivity contribution >= 4 is 58.0 Å². The van der Waals surface area contributed by atoms with Gasteiger partial charge in [0.1, 0.15) is 17.9 Å². The van der Waals surface area contributed by atoms with E-state index < -0.39 is 23.9 Å². The number of ether oxygens (including phenoxy) is 1. The summed E-state index contributed by atoms with van der Waals surface area (Å²) < 4.78 is 5.78. The van der Waals surface area contributed by atoms with Crippen LogP contribution >= 0.6 is 22.6 Å². The van der Waals surface area contributed by atoms with Crippen molar-refractivity contribution in [2.24, 2.45) is 35.1 Å². The summed E-state index contributed by atoms with van der Waals surface area (Å²) in [6.45, 7) is 21.8. The molecule has 4 N–H and O–H groups in total. The SMILES string of the molecule is C.C=CCC(CI)CC(C)=O.C=CCC1COC(=O)C1.C=CC[C@@H]1CC(=O)N([C@@H](CC)C(N)=O)C1.C=CC[C@H]1CC(=O)N([C@@H](CC)C(N)=O)C1. The van der Waals surface area contributed by atoms with Crippen molar-refractivity contribution in [1.82, 2.24) is 9.80 Å². The number of ketones is 1. The molecule has 3 heterocycles. The molecule has 6 atom stereocenters. The number of carbonyl (C=O) groups excluding carboxylic acids is 6. The zero-order chi connectivity index (χ0) is 37.5. The Morgan fingerprint density at radius 2 is 1.22 bits per heavy atom. The van der Waals surface area contributed by atoms with Gasteiger partial charge in [0.2, 0.25) is 23.6 Å². The molecule has 3 aliphatic rings. The molecule has 12 heteroatoms. The molecule has 0 aromatic heterocycles. The monoisotopic (exact) mass is 814 g/mol. The third-order valence-corrected chi connectivity index (χ3v) is 9.64. The third-order valence-electron chi connectivity index (χ3n) is 8.39. The number of nitrogens with two attached hydrogens (primary N) is 2.